The molecule has 0 aromatic heterocycles. The summed E-state index contributed by atoms with van der Waals surface area (Å²) in [7, 11) is 0. The fourth-order valence-electron chi connectivity index (χ4n) is 4.58. The molecule has 144 valence electrons. The minimum absolute atomic E-state index is 0.162. The van der Waals surface area contributed by atoms with E-state index in [0.29, 0.717) is 0 Å². The Morgan fingerprint density at radius 2 is 1.89 bits per heavy atom. The summed E-state index contributed by atoms with van der Waals surface area (Å²) in [5.41, 5.74) is 2.25. The molecule has 2 fully saturated rings. The number of hydrogen-bond donors (Lipinski definition) is 2. The van der Waals surface area contributed by atoms with E-state index in [1.165, 1.54) is 17.5 Å². The summed E-state index contributed by atoms with van der Waals surface area (Å²) >= 11 is 0. The monoisotopic (exact) mass is 369 g/mol. The first-order chi connectivity index (χ1) is 13.0. The van der Waals surface area contributed by atoms with Crippen LogP contribution in [0.25, 0.3) is 0 Å². The molecule has 0 radical (unpaired) electrons. The molecule has 3 aliphatic rings. The number of rotatable bonds is 4. The number of benzene rings is 1. The van der Waals surface area contributed by atoms with Crippen molar-refractivity contribution in [3.05, 3.63) is 34.9 Å². The standard InChI is InChI=1S/C21H27N3O3/c1-21(16-11-10-14-6-5-7-15(14)12-16)19(26)24(20(27)23-21)13-18(25)22-17-8-3-2-4-9-17/h10-12,17H,2-9,13H2,1H3,(H,22,25)(H,23,27). The van der Waals surface area contributed by atoms with Gasteiger partial charge in [0, 0.05) is 6.04 Å². The van der Waals surface area contributed by atoms with Gasteiger partial charge >= 0.3 is 6.03 Å². The number of nitrogens with zero attached hydrogens (tertiary/aromatic N) is 1. The number of fused-ring (bicyclic) bond motifs is 1. The summed E-state index contributed by atoms with van der Waals surface area (Å²) in [6.45, 7) is 1.50. The maximum Gasteiger partial charge on any atom is 0.325 e. The van der Waals surface area contributed by atoms with Gasteiger partial charge in [-0.1, -0.05) is 37.5 Å². The van der Waals surface area contributed by atoms with Gasteiger partial charge in [0.2, 0.25) is 5.91 Å². The number of nitrogens with one attached hydrogen (secondary N) is 2. The molecule has 2 N–H and O–H groups in total. The average Bonchev–Trinajstić information content (AvgIpc) is 3.21. The zero-order valence-electron chi connectivity index (χ0n) is 15.8. The van der Waals surface area contributed by atoms with Crippen LogP contribution in [0.5, 0.6) is 0 Å². The Hall–Kier alpha value is -2.37. The molecule has 1 atom stereocenters. The third-order valence-corrected chi connectivity index (χ3v) is 6.22. The Morgan fingerprint density at radius 3 is 2.67 bits per heavy atom. The van der Waals surface area contributed by atoms with Crippen molar-refractivity contribution in [3.63, 3.8) is 0 Å². The van der Waals surface area contributed by atoms with E-state index >= 15 is 0 Å². The van der Waals surface area contributed by atoms with Crippen LogP contribution in [0.1, 0.15) is 62.1 Å². The minimum Gasteiger partial charge on any atom is -0.352 e. The van der Waals surface area contributed by atoms with Crippen LogP contribution in [0.2, 0.25) is 0 Å². The second-order valence-electron chi connectivity index (χ2n) is 8.19. The Morgan fingerprint density at radius 1 is 1.15 bits per heavy atom. The molecule has 1 saturated heterocycles. The van der Waals surface area contributed by atoms with Crippen molar-refractivity contribution in [1.29, 1.82) is 0 Å². The van der Waals surface area contributed by atoms with Gasteiger partial charge in [0.15, 0.2) is 0 Å². The van der Waals surface area contributed by atoms with Gasteiger partial charge in [-0.25, -0.2) is 4.79 Å². The van der Waals surface area contributed by atoms with Crippen molar-refractivity contribution in [3.8, 4) is 0 Å². The molecule has 6 nitrogen and oxygen atoms in total. The lowest BCUT2D eigenvalue weighted by Gasteiger charge is -2.24. The highest BCUT2D eigenvalue weighted by Crippen LogP contribution is 2.32. The van der Waals surface area contributed by atoms with E-state index in [-0.39, 0.29) is 24.4 Å². The van der Waals surface area contributed by atoms with Crippen LogP contribution in [0, 0.1) is 0 Å². The van der Waals surface area contributed by atoms with Crippen molar-refractivity contribution >= 4 is 17.8 Å². The number of aryl methyl sites for hydroxylation is 2. The normalized spacial score (nSPS) is 25.4. The van der Waals surface area contributed by atoms with E-state index in [9.17, 15) is 14.4 Å². The van der Waals surface area contributed by atoms with E-state index in [1.54, 1.807) is 6.92 Å². The Labute approximate surface area is 159 Å². The van der Waals surface area contributed by atoms with Crippen molar-refractivity contribution in [2.45, 2.75) is 69.9 Å². The first kappa shape index (κ1) is 18.0. The van der Waals surface area contributed by atoms with Crippen LogP contribution >= 0.6 is 0 Å². The quantitative estimate of drug-likeness (QED) is 0.800. The molecule has 1 aliphatic heterocycles. The molecule has 4 rings (SSSR count). The van der Waals surface area contributed by atoms with Gasteiger partial charge in [-0.05, 0) is 55.7 Å². The summed E-state index contributed by atoms with van der Waals surface area (Å²) in [6.07, 6.45) is 8.59. The molecule has 1 heterocycles. The molecule has 0 spiro atoms. The lowest BCUT2D eigenvalue weighted by molar-refractivity contribution is -0.135. The number of amides is 4. The molecule has 1 unspecified atom stereocenters. The van der Waals surface area contributed by atoms with Crippen LogP contribution in [-0.2, 0) is 28.0 Å². The smallest absolute Gasteiger partial charge is 0.325 e. The Bertz CT molecular complexity index is 785. The highest BCUT2D eigenvalue weighted by atomic mass is 16.2. The number of carbonyl (C=O) groups excluding carboxylic acids is 3. The largest absolute Gasteiger partial charge is 0.352 e. The van der Waals surface area contributed by atoms with Crippen molar-refractivity contribution < 1.29 is 14.4 Å². The Kier molecular flexibility index (Phi) is 4.66. The van der Waals surface area contributed by atoms with Crippen LogP contribution < -0.4 is 10.6 Å². The van der Waals surface area contributed by atoms with Gasteiger partial charge in [0.05, 0.1) is 0 Å². The average molecular weight is 369 g/mol. The third-order valence-electron chi connectivity index (χ3n) is 6.22. The predicted octanol–water partition coefficient (Wildman–Crippen LogP) is 2.39. The number of urea groups is 1. The fraction of sp³-hybridized carbons (Fsp3) is 0.571. The van der Waals surface area contributed by atoms with Gasteiger partial charge in [0.25, 0.3) is 5.91 Å². The van der Waals surface area contributed by atoms with E-state index in [2.05, 4.69) is 16.7 Å². The molecule has 6 heteroatoms. The molecular weight excluding hydrogens is 342 g/mol. The van der Waals surface area contributed by atoms with Crippen molar-refractivity contribution in [2.75, 3.05) is 6.54 Å². The van der Waals surface area contributed by atoms with Crippen LogP contribution in [0.15, 0.2) is 18.2 Å². The topological polar surface area (TPSA) is 78.5 Å². The zero-order valence-corrected chi connectivity index (χ0v) is 15.8. The molecule has 1 aromatic carbocycles. The first-order valence-corrected chi connectivity index (χ1v) is 10.0. The second kappa shape index (κ2) is 6.98. The lowest BCUT2D eigenvalue weighted by Crippen LogP contribution is -2.45. The van der Waals surface area contributed by atoms with Gasteiger partial charge in [0.1, 0.15) is 12.1 Å². The molecule has 2 aliphatic carbocycles. The SMILES string of the molecule is CC1(c2ccc3c(c2)CCC3)NC(=O)N(CC(=O)NC2CCCCC2)C1=O. The fourth-order valence-corrected chi connectivity index (χ4v) is 4.58. The van der Waals surface area contributed by atoms with Crippen LogP contribution in [0.3, 0.4) is 0 Å². The second-order valence-corrected chi connectivity index (χ2v) is 8.19. The maximum absolute atomic E-state index is 13.0. The number of imide groups is 1. The Balaban J connectivity index is 1.47. The molecule has 0 bridgehead atoms. The molecular formula is C21H27N3O3. The highest BCUT2D eigenvalue weighted by molar-refractivity contribution is 6.09. The minimum atomic E-state index is -1.11. The summed E-state index contributed by atoms with van der Waals surface area (Å²) in [5, 5.41) is 5.78. The lowest BCUT2D eigenvalue weighted by atomic mass is 9.89. The van der Waals surface area contributed by atoms with E-state index < -0.39 is 11.6 Å². The summed E-state index contributed by atoms with van der Waals surface area (Å²) in [5.74, 6) is -0.618. The first-order valence-electron chi connectivity index (χ1n) is 10.0. The molecule has 1 aromatic rings. The van der Waals surface area contributed by atoms with Gasteiger partial charge in [-0.2, -0.15) is 0 Å². The van der Waals surface area contributed by atoms with Gasteiger partial charge in [-0.3, -0.25) is 14.5 Å². The van der Waals surface area contributed by atoms with Gasteiger partial charge < -0.3 is 10.6 Å². The van der Waals surface area contributed by atoms with E-state index in [0.717, 1.165) is 55.4 Å². The molecule has 27 heavy (non-hydrogen) atoms. The van der Waals surface area contributed by atoms with Crippen molar-refractivity contribution in [2.24, 2.45) is 0 Å². The van der Waals surface area contributed by atoms with Gasteiger partial charge in [-0.15, -0.1) is 0 Å². The maximum atomic E-state index is 13.0. The van der Waals surface area contributed by atoms with Crippen LogP contribution in [-0.4, -0.2) is 35.3 Å². The highest BCUT2D eigenvalue weighted by Gasteiger charge is 2.49. The summed E-state index contributed by atoms with van der Waals surface area (Å²) in [4.78, 5) is 38.9. The summed E-state index contributed by atoms with van der Waals surface area (Å²) in [6, 6.07) is 5.68. The predicted molar refractivity (Wildman–Crippen MR) is 101 cm³/mol. The number of carbonyl (C=O) groups is 3. The zero-order chi connectivity index (χ0) is 19.0. The summed E-state index contributed by atoms with van der Waals surface area (Å²) < 4.78 is 0. The van der Waals surface area contributed by atoms with Crippen LogP contribution in [0.4, 0.5) is 4.79 Å². The van der Waals surface area contributed by atoms with E-state index in [1.807, 2.05) is 12.1 Å². The van der Waals surface area contributed by atoms with E-state index in [4.69, 9.17) is 0 Å². The molecule has 4 amide bonds. The van der Waals surface area contributed by atoms with Crippen molar-refractivity contribution in [1.82, 2.24) is 15.5 Å². The third kappa shape index (κ3) is 3.33. The molecule has 1 saturated carbocycles. The number of hydrogen-bond acceptors (Lipinski definition) is 3.